The Labute approximate surface area is 117 Å². The number of hydrogen-bond donors (Lipinski definition) is 0. The van der Waals surface area contributed by atoms with Crippen LogP contribution in [0.4, 0.5) is 4.39 Å². The molecule has 0 aliphatic carbocycles. The van der Waals surface area contributed by atoms with Gasteiger partial charge in [-0.1, -0.05) is 12.1 Å². The van der Waals surface area contributed by atoms with Gasteiger partial charge in [-0.2, -0.15) is 0 Å². The second-order valence-electron chi connectivity index (χ2n) is 4.63. The standard InChI is InChI=1S/C17H13FN2/c1-12-8-15(13-4-2-6-19-10-13)16(9-17(12)18)14-5-3-7-20-11-14/h2-11H,1H3. The quantitative estimate of drug-likeness (QED) is 0.691. The van der Waals surface area contributed by atoms with Crippen LogP contribution in [0.15, 0.2) is 61.2 Å². The summed E-state index contributed by atoms with van der Waals surface area (Å²) in [5, 5.41) is 0. The average molecular weight is 264 g/mol. The van der Waals surface area contributed by atoms with Crippen molar-refractivity contribution in [2.24, 2.45) is 0 Å². The molecule has 0 unspecified atom stereocenters. The second-order valence-corrected chi connectivity index (χ2v) is 4.63. The monoisotopic (exact) mass is 264 g/mol. The molecule has 0 atom stereocenters. The molecule has 3 aromatic rings. The Morgan fingerprint density at radius 3 is 1.90 bits per heavy atom. The molecule has 0 N–H and O–H groups in total. The minimum atomic E-state index is -0.212. The Hall–Kier alpha value is -2.55. The van der Waals surface area contributed by atoms with Crippen LogP contribution in [-0.4, -0.2) is 9.97 Å². The van der Waals surface area contributed by atoms with Gasteiger partial charge in [0.25, 0.3) is 0 Å². The summed E-state index contributed by atoms with van der Waals surface area (Å²) in [5.41, 5.74) is 4.27. The van der Waals surface area contributed by atoms with Gasteiger partial charge < -0.3 is 0 Å². The molecular weight excluding hydrogens is 251 g/mol. The van der Waals surface area contributed by atoms with Gasteiger partial charge in [-0.15, -0.1) is 0 Å². The summed E-state index contributed by atoms with van der Waals surface area (Å²) >= 11 is 0. The Bertz CT molecular complexity index is 660. The molecule has 1 aromatic carbocycles. The molecule has 0 aliphatic heterocycles. The molecular formula is C17H13FN2. The molecule has 3 heteroatoms. The average Bonchev–Trinajstić information content (AvgIpc) is 2.51. The first-order valence-electron chi connectivity index (χ1n) is 6.36. The van der Waals surface area contributed by atoms with Gasteiger partial charge in [0, 0.05) is 35.9 Å². The molecule has 98 valence electrons. The molecule has 2 heterocycles. The zero-order valence-electron chi connectivity index (χ0n) is 11.0. The van der Waals surface area contributed by atoms with E-state index in [1.165, 1.54) is 0 Å². The van der Waals surface area contributed by atoms with Gasteiger partial charge >= 0.3 is 0 Å². The van der Waals surface area contributed by atoms with Crippen molar-refractivity contribution >= 4 is 0 Å². The van der Waals surface area contributed by atoms with Crippen molar-refractivity contribution in [1.82, 2.24) is 9.97 Å². The topological polar surface area (TPSA) is 25.8 Å². The number of benzene rings is 1. The van der Waals surface area contributed by atoms with Gasteiger partial charge in [0.05, 0.1) is 0 Å². The smallest absolute Gasteiger partial charge is 0.126 e. The van der Waals surface area contributed by atoms with Crippen LogP contribution in [-0.2, 0) is 0 Å². The fraction of sp³-hybridized carbons (Fsp3) is 0.0588. The largest absolute Gasteiger partial charge is 0.264 e. The lowest BCUT2D eigenvalue weighted by Gasteiger charge is -2.11. The molecule has 20 heavy (non-hydrogen) atoms. The molecule has 0 amide bonds. The summed E-state index contributed by atoms with van der Waals surface area (Å²) in [4.78, 5) is 8.25. The summed E-state index contributed by atoms with van der Waals surface area (Å²) < 4.78 is 13.9. The molecule has 0 spiro atoms. The molecule has 2 aromatic heterocycles. The van der Waals surface area contributed by atoms with Crippen molar-refractivity contribution in [2.45, 2.75) is 6.92 Å². The van der Waals surface area contributed by atoms with Crippen LogP contribution in [0.25, 0.3) is 22.3 Å². The Morgan fingerprint density at radius 1 is 0.850 bits per heavy atom. The summed E-state index contributed by atoms with van der Waals surface area (Å²) in [7, 11) is 0. The summed E-state index contributed by atoms with van der Waals surface area (Å²) in [6.45, 7) is 1.77. The minimum absolute atomic E-state index is 0.212. The number of pyridine rings is 2. The predicted octanol–water partition coefficient (Wildman–Crippen LogP) is 4.26. The number of aryl methyl sites for hydroxylation is 1. The zero-order valence-corrected chi connectivity index (χ0v) is 11.0. The van der Waals surface area contributed by atoms with Gasteiger partial charge in [-0.05, 0) is 47.9 Å². The summed E-state index contributed by atoms with van der Waals surface area (Å²) in [6.07, 6.45) is 6.96. The fourth-order valence-corrected chi connectivity index (χ4v) is 2.20. The lowest BCUT2D eigenvalue weighted by atomic mass is 9.94. The fourth-order valence-electron chi connectivity index (χ4n) is 2.20. The minimum Gasteiger partial charge on any atom is -0.264 e. The van der Waals surface area contributed by atoms with E-state index in [2.05, 4.69) is 9.97 Å². The van der Waals surface area contributed by atoms with Crippen LogP contribution in [0.2, 0.25) is 0 Å². The van der Waals surface area contributed by atoms with E-state index in [1.807, 2.05) is 30.3 Å². The molecule has 0 bridgehead atoms. The summed E-state index contributed by atoms with van der Waals surface area (Å²) in [6, 6.07) is 11.0. The molecule has 2 nitrogen and oxygen atoms in total. The van der Waals surface area contributed by atoms with Crippen molar-refractivity contribution in [1.29, 1.82) is 0 Å². The van der Waals surface area contributed by atoms with E-state index in [-0.39, 0.29) is 5.82 Å². The van der Waals surface area contributed by atoms with Gasteiger partial charge in [-0.3, -0.25) is 9.97 Å². The number of hydrogen-bond acceptors (Lipinski definition) is 2. The maximum Gasteiger partial charge on any atom is 0.126 e. The van der Waals surface area contributed by atoms with E-state index in [4.69, 9.17) is 0 Å². The van der Waals surface area contributed by atoms with Crippen molar-refractivity contribution < 1.29 is 4.39 Å². The highest BCUT2D eigenvalue weighted by Gasteiger charge is 2.11. The Morgan fingerprint density at radius 2 is 1.40 bits per heavy atom. The van der Waals surface area contributed by atoms with E-state index in [0.29, 0.717) is 5.56 Å². The highest BCUT2D eigenvalue weighted by atomic mass is 19.1. The maximum atomic E-state index is 13.9. The highest BCUT2D eigenvalue weighted by Crippen LogP contribution is 2.33. The highest BCUT2D eigenvalue weighted by molar-refractivity contribution is 5.83. The van der Waals surface area contributed by atoms with Gasteiger partial charge in [0.1, 0.15) is 5.82 Å². The van der Waals surface area contributed by atoms with E-state index >= 15 is 0 Å². The molecule has 0 fully saturated rings. The third-order valence-electron chi connectivity index (χ3n) is 3.24. The first kappa shape index (κ1) is 12.5. The van der Waals surface area contributed by atoms with E-state index in [0.717, 1.165) is 22.3 Å². The molecule has 3 rings (SSSR count). The van der Waals surface area contributed by atoms with Crippen LogP contribution in [0.5, 0.6) is 0 Å². The van der Waals surface area contributed by atoms with Crippen LogP contribution in [0.3, 0.4) is 0 Å². The molecule has 0 saturated carbocycles. The molecule has 0 saturated heterocycles. The lowest BCUT2D eigenvalue weighted by Crippen LogP contribution is -1.91. The third kappa shape index (κ3) is 2.30. The van der Waals surface area contributed by atoms with Crippen molar-refractivity contribution in [3.05, 3.63) is 72.6 Å². The van der Waals surface area contributed by atoms with E-state index in [1.54, 1.807) is 37.8 Å². The van der Waals surface area contributed by atoms with Crippen LogP contribution >= 0.6 is 0 Å². The summed E-state index contributed by atoms with van der Waals surface area (Å²) in [5.74, 6) is -0.212. The van der Waals surface area contributed by atoms with Crippen LogP contribution in [0, 0.1) is 12.7 Å². The van der Waals surface area contributed by atoms with Crippen molar-refractivity contribution in [3.8, 4) is 22.3 Å². The Kier molecular flexibility index (Phi) is 3.25. The maximum absolute atomic E-state index is 13.9. The van der Waals surface area contributed by atoms with E-state index < -0.39 is 0 Å². The number of nitrogens with zero attached hydrogens (tertiary/aromatic N) is 2. The van der Waals surface area contributed by atoms with Gasteiger partial charge in [0.2, 0.25) is 0 Å². The first-order valence-corrected chi connectivity index (χ1v) is 6.36. The SMILES string of the molecule is Cc1cc(-c2cccnc2)c(-c2cccnc2)cc1F. The molecule has 0 aliphatic rings. The van der Waals surface area contributed by atoms with Crippen LogP contribution < -0.4 is 0 Å². The van der Waals surface area contributed by atoms with Crippen molar-refractivity contribution in [2.75, 3.05) is 0 Å². The lowest BCUT2D eigenvalue weighted by molar-refractivity contribution is 0.619. The normalized spacial score (nSPS) is 10.5. The third-order valence-corrected chi connectivity index (χ3v) is 3.24. The number of rotatable bonds is 2. The second kappa shape index (κ2) is 5.21. The van der Waals surface area contributed by atoms with Gasteiger partial charge in [0.15, 0.2) is 0 Å². The number of aromatic nitrogens is 2. The Balaban J connectivity index is 2.26. The molecule has 0 radical (unpaired) electrons. The van der Waals surface area contributed by atoms with Crippen molar-refractivity contribution in [3.63, 3.8) is 0 Å². The van der Waals surface area contributed by atoms with Gasteiger partial charge in [-0.25, -0.2) is 4.39 Å². The predicted molar refractivity (Wildman–Crippen MR) is 77.6 cm³/mol. The van der Waals surface area contributed by atoms with E-state index in [9.17, 15) is 4.39 Å². The number of halogens is 1. The van der Waals surface area contributed by atoms with Crippen LogP contribution in [0.1, 0.15) is 5.56 Å². The zero-order chi connectivity index (χ0) is 13.9. The first-order chi connectivity index (χ1) is 9.75.